The first-order chi connectivity index (χ1) is 3.84. The Labute approximate surface area is 50.0 Å². The number of rotatable bonds is 3. The van der Waals surface area contributed by atoms with Crippen LogP contribution in [0, 0.1) is 5.92 Å². The molecule has 1 nitrogen and oxygen atoms in total. The fourth-order valence-electron chi connectivity index (χ4n) is 0.901. The van der Waals surface area contributed by atoms with Gasteiger partial charge >= 0.3 is 0 Å². The van der Waals surface area contributed by atoms with Crippen molar-refractivity contribution in [2.75, 3.05) is 6.61 Å². The van der Waals surface area contributed by atoms with E-state index in [4.69, 9.17) is 5.11 Å². The summed E-state index contributed by atoms with van der Waals surface area (Å²) in [6.45, 7) is 4.16. The maximum Gasteiger partial charge on any atom is 0.0431 e. The van der Waals surface area contributed by atoms with Crippen LogP contribution in [0.1, 0.15) is 19.3 Å². The molecule has 0 heterocycles. The lowest BCUT2D eigenvalue weighted by molar-refractivity contribution is 0.282. The van der Waals surface area contributed by atoms with Gasteiger partial charge in [0, 0.05) is 6.61 Å². The summed E-state index contributed by atoms with van der Waals surface area (Å²) >= 11 is 0. The lowest BCUT2D eigenvalue weighted by Crippen LogP contribution is -1.82. The van der Waals surface area contributed by atoms with Crippen LogP contribution in [0.3, 0.4) is 0 Å². The third-order valence-electron chi connectivity index (χ3n) is 1.64. The maximum atomic E-state index is 8.40. The van der Waals surface area contributed by atoms with Gasteiger partial charge in [0.25, 0.3) is 0 Å². The van der Waals surface area contributed by atoms with Crippen molar-refractivity contribution in [3.63, 3.8) is 0 Å². The molecule has 1 unspecified atom stereocenters. The summed E-state index contributed by atoms with van der Waals surface area (Å²) in [5, 5.41) is 8.40. The molecule has 0 aromatic heterocycles. The van der Waals surface area contributed by atoms with Gasteiger partial charge in [-0.15, -0.1) is 0 Å². The van der Waals surface area contributed by atoms with Gasteiger partial charge in [0.2, 0.25) is 0 Å². The summed E-state index contributed by atoms with van der Waals surface area (Å²) < 4.78 is 0. The van der Waals surface area contributed by atoms with Crippen LogP contribution in [0.25, 0.3) is 0 Å². The summed E-state index contributed by atoms with van der Waals surface area (Å²) in [7, 11) is 0. The molecule has 0 aromatic rings. The number of allylic oxidation sites excluding steroid dienone is 1. The Kier molecular flexibility index (Phi) is 1.69. The highest BCUT2D eigenvalue weighted by atomic mass is 16.2. The molecule has 1 saturated carbocycles. The van der Waals surface area contributed by atoms with Crippen molar-refractivity contribution in [2.45, 2.75) is 19.3 Å². The minimum atomic E-state index is 0.337. The Morgan fingerprint density at radius 2 is 2.38 bits per heavy atom. The quantitative estimate of drug-likeness (QED) is 0.546. The van der Waals surface area contributed by atoms with E-state index in [1.54, 1.807) is 0 Å². The Balaban J connectivity index is 1.97. The van der Waals surface area contributed by atoms with Gasteiger partial charge in [0.05, 0.1) is 0 Å². The zero-order valence-electron chi connectivity index (χ0n) is 5.06. The lowest BCUT2D eigenvalue weighted by atomic mass is 10.2. The average molecular weight is 112 g/mol. The molecule has 1 rings (SSSR count). The highest BCUT2D eigenvalue weighted by Gasteiger charge is 2.25. The van der Waals surface area contributed by atoms with E-state index in [1.807, 2.05) is 0 Å². The van der Waals surface area contributed by atoms with E-state index in [0.717, 1.165) is 18.8 Å². The zero-order chi connectivity index (χ0) is 5.98. The predicted molar refractivity (Wildman–Crippen MR) is 33.6 cm³/mol. The lowest BCUT2D eigenvalue weighted by Gasteiger charge is -1.88. The van der Waals surface area contributed by atoms with Gasteiger partial charge in [-0.3, -0.25) is 0 Å². The van der Waals surface area contributed by atoms with Crippen molar-refractivity contribution >= 4 is 0 Å². The molecule has 1 aliphatic carbocycles. The van der Waals surface area contributed by atoms with Gasteiger partial charge in [0.15, 0.2) is 0 Å². The summed E-state index contributed by atoms with van der Waals surface area (Å²) in [6, 6.07) is 0. The summed E-state index contributed by atoms with van der Waals surface area (Å²) in [4.78, 5) is 0. The minimum absolute atomic E-state index is 0.337. The SMILES string of the molecule is C=C1CC1CCCO. The normalized spacial score (nSPS) is 26.1. The summed E-state index contributed by atoms with van der Waals surface area (Å²) in [6.07, 6.45) is 3.30. The van der Waals surface area contributed by atoms with E-state index in [-0.39, 0.29) is 0 Å². The second kappa shape index (κ2) is 2.31. The fourth-order valence-corrected chi connectivity index (χ4v) is 0.901. The van der Waals surface area contributed by atoms with Gasteiger partial charge in [-0.2, -0.15) is 0 Å². The van der Waals surface area contributed by atoms with Crippen LogP contribution in [0.4, 0.5) is 0 Å². The Hall–Kier alpha value is -0.300. The molecule has 1 atom stereocenters. The Morgan fingerprint density at radius 3 is 2.75 bits per heavy atom. The zero-order valence-corrected chi connectivity index (χ0v) is 5.06. The molecule has 0 radical (unpaired) electrons. The first-order valence-corrected chi connectivity index (χ1v) is 3.13. The molecule has 0 amide bonds. The highest BCUT2D eigenvalue weighted by molar-refractivity contribution is 5.18. The molecule has 1 aliphatic rings. The largest absolute Gasteiger partial charge is 0.396 e. The molecule has 1 heteroatoms. The molecule has 46 valence electrons. The van der Waals surface area contributed by atoms with Crippen molar-refractivity contribution in [2.24, 2.45) is 5.92 Å². The van der Waals surface area contributed by atoms with Crippen LogP contribution in [0.2, 0.25) is 0 Å². The van der Waals surface area contributed by atoms with Crippen molar-refractivity contribution in [1.29, 1.82) is 0 Å². The number of aliphatic hydroxyl groups is 1. The van der Waals surface area contributed by atoms with Crippen LogP contribution in [-0.4, -0.2) is 11.7 Å². The molecule has 0 spiro atoms. The standard InChI is InChI=1S/C7H12O/c1-6-5-7(6)3-2-4-8/h7-8H,1-5H2. The van der Waals surface area contributed by atoms with Gasteiger partial charge in [-0.25, -0.2) is 0 Å². The Morgan fingerprint density at radius 1 is 1.75 bits per heavy atom. The smallest absolute Gasteiger partial charge is 0.0431 e. The van der Waals surface area contributed by atoms with Gasteiger partial charge in [-0.05, 0) is 25.2 Å². The third-order valence-corrected chi connectivity index (χ3v) is 1.64. The van der Waals surface area contributed by atoms with Gasteiger partial charge in [0.1, 0.15) is 0 Å². The summed E-state index contributed by atoms with van der Waals surface area (Å²) in [5.41, 5.74) is 1.37. The van der Waals surface area contributed by atoms with E-state index >= 15 is 0 Å². The van der Waals surface area contributed by atoms with Crippen LogP contribution in [-0.2, 0) is 0 Å². The maximum absolute atomic E-state index is 8.40. The first kappa shape index (κ1) is 5.83. The number of aliphatic hydroxyl groups excluding tert-OH is 1. The molecule has 0 aliphatic heterocycles. The molecule has 1 N–H and O–H groups in total. The molecule has 0 aromatic carbocycles. The highest BCUT2D eigenvalue weighted by Crippen LogP contribution is 2.39. The molecule has 1 fully saturated rings. The van der Waals surface area contributed by atoms with E-state index in [9.17, 15) is 0 Å². The average Bonchev–Trinajstić information content (AvgIpc) is 2.42. The third kappa shape index (κ3) is 1.34. The molecular weight excluding hydrogens is 100 g/mol. The van der Waals surface area contributed by atoms with Crippen molar-refractivity contribution in [3.05, 3.63) is 12.2 Å². The van der Waals surface area contributed by atoms with E-state index < -0.39 is 0 Å². The van der Waals surface area contributed by atoms with E-state index in [0.29, 0.717) is 6.61 Å². The van der Waals surface area contributed by atoms with E-state index in [2.05, 4.69) is 6.58 Å². The van der Waals surface area contributed by atoms with Crippen LogP contribution >= 0.6 is 0 Å². The van der Waals surface area contributed by atoms with Crippen molar-refractivity contribution < 1.29 is 5.11 Å². The molecular formula is C7H12O. The van der Waals surface area contributed by atoms with E-state index in [1.165, 1.54) is 12.0 Å². The molecule has 0 bridgehead atoms. The van der Waals surface area contributed by atoms with Crippen LogP contribution < -0.4 is 0 Å². The molecule has 0 saturated heterocycles. The number of hydrogen-bond acceptors (Lipinski definition) is 1. The van der Waals surface area contributed by atoms with Crippen LogP contribution in [0.15, 0.2) is 12.2 Å². The fraction of sp³-hybridized carbons (Fsp3) is 0.714. The predicted octanol–water partition coefficient (Wildman–Crippen LogP) is 1.33. The topological polar surface area (TPSA) is 20.2 Å². The first-order valence-electron chi connectivity index (χ1n) is 3.13. The Bertz CT molecular complexity index is 96.6. The van der Waals surface area contributed by atoms with Crippen molar-refractivity contribution in [3.8, 4) is 0 Å². The van der Waals surface area contributed by atoms with Crippen molar-refractivity contribution in [1.82, 2.24) is 0 Å². The number of hydrogen-bond donors (Lipinski definition) is 1. The van der Waals surface area contributed by atoms with Gasteiger partial charge in [-0.1, -0.05) is 12.2 Å². The molecule has 8 heavy (non-hydrogen) atoms. The van der Waals surface area contributed by atoms with Crippen LogP contribution in [0.5, 0.6) is 0 Å². The second-order valence-corrected chi connectivity index (χ2v) is 2.43. The minimum Gasteiger partial charge on any atom is -0.396 e. The summed E-state index contributed by atoms with van der Waals surface area (Å²) in [5.74, 6) is 0.766. The monoisotopic (exact) mass is 112 g/mol. The second-order valence-electron chi connectivity index (χ2n) is 2.43. The van der Waals surface area contributed by atoms with Gasteiger partial charge < -0.3 is 5.11 Å².